The lowest BCUT2D eigenvalue weighted by Gasteiger charge is -2.05. The zero-order valence-electron chi connectivity index (χ0n) is 9.20. The van der Waals surface area contributed by atoms with Gasteiger partial charge in [0.15, 0.2) is 0 Å². The van der Waals surface area contributed by atoms with Gasteiger partial charge in [0.05, 0.1) is 12.0 Å². The third-order valence-electron chi connectivity index (χ3n) is 2.42. The van der Waals surface area contributed by atoms with Crippen molar-refractivity contribution in [1.29, 1.82) is 0 Å². The molecule has 0 bridgehead atoms. The summed E-state index contributed by atoms with van der Waals surface area (Å²) in [5.41, 5.74) is 2.41. The monoisotopic (exact) mass is 240 g/mol. The van der Waals surface area contributed by atoms with E-state index in [0.29, 0.717) is 5.69 Å². The van der Waals surface area contributed by atoms with Crippen LogP contribution in [0, 0.1) is 6.92 Å². The minimum Gasteiger partial charge on any atom is -0.328 e. The van der Waals surface area contributed by atoms with Crippen molar-refractivity contribution in [2.75, 3.05) is 0 Å². The van der Waals surface area contributed by atoms with Crippen LogP contribution in [0.3, 0.4) is 0 Å². The lowest BCUT2D eigenvalue weighted by Crippen LogP contribution is -2.16. The quantitative estimate of drug-likeness (QED) is 0.786. The molecule has 0 amide bonds. The Kier molecular flexibility index (Phi) is 2.92. The topological polar surface area (TPSA) is 17.8 Å². The number of imidazole rings is 1. The number of nitrogens with zero attached hydrogens (tertiary/aromatic N) is 2. The summed E-state index contributed by atoms with van der Waals surface area (Å²) in [6.45, 7) is 0.893. The molecular weight excluding hydrogens is 229 g/mol. The fourth-order valence-corrected chi connectivity index (χ4v) is 1.65. The maximum atomic E-state index is 12.2. The molecule has 1 heterocycles. The molecule has 1 aromatic heterocycles. The van der Waals surface area contributed by atoms with E-state index in [-0.39, 0.29) is 0 Å². The first-order valence-corrected chi connectivity index (χ1v) is 5.10. The van der Waals surface area contributed by atoms with E-state index in [1.54, 1.807) is 0 Å². The van der Waals surface area contributed by atoms with Gasteiger partial charge < -0.3 is 4.57 Å². The van der Waals surface area contributed by atoms with E-state index in [1.165, 1.54) is 12.5 Å². The van der Waals surface area contributed by atoms with Gasteiger partial charge in [-0.25, -0.2) is 4.98 Å². The van der Waals surface area contributed by atoms with E-state index < -0.39 is 12.7 Å². The predicted octanol–water partition coefficient (Wildman–Crippen LogP) is 3.42. The van der Waals surface area contributed by atoms with E-state index in [4.69, 9.17) is 0 Å². The number of halogens is 3. The highest BCUT2D eigenvalue weighted by atomic mass is 19.4. The van der Waals surface area contributed by atoms with Crippen molar-refractivity contribution in [2.24, 2.45) is 0 Å². The van der Waals surface area contributed by atoms with Crippen LogP contribution in [0.25, 0.3) is 11.3 Å². The fourth-order valence-electron chi connectivity index (χ4n) is 1.65. The zero-order chi connectivity index (χ0) is 12.5. The maximum absolute atomic E-state index is 12.2. The standard InChI is InChI=1S/C12H11F3N2/c1-9-4-2-3-5-10(9)11-6-17(8-16-11)7-12(13,14)15/h2-6,8H,7H2,1H3. The fraction of sp³-hybridized carbons (Fsp3) is 0.250. The second-order valence-electron chi connectivity index (χ2n) is 3.86. The maximum Gasteiger partial charge on any atom is 0.406 e. The molecule has 0 spiro atoms. The third-order valence-corrected chi connectivity index (χ3v) is 2.42. The van der Waals surface area contributed by atoms with Gasteiger partial charge in [-0.2, -0.15) is 13.2 Å². The molecule has 0 atom stereocenters. The molecule has 0 aliphatic carbocycles. The number of hydrogen-bond donors (Lipinski definition) is 0. The molecule has 0 unspecified atom stereocenters. The van der Waals surface area contributed by atoms with Crippen molar-refractivity contribution in [3.8, 4) is 11.3 Å². The number of benzene rings is 1. The molecule has 5 heteroatoms. The summed E-state index contributed by atoms with van der Waals surface area (Å²) in [7, 11) is 0. The van der Waals surface area contributed by atoms with Crippen LogP contribution in [-0.4, -0.2) is 15.7 Å². The lowest BCUT2D eigenvalue weighted by molar-refractivity contribution is -0.140. The average Bonchev–Trinajstić information content (AvgIpc) is 2.64. The van der Waals surface area contributed by atoms with Crippen LogP contribution in [0.1, 0.15) is 5.56 Å². The molecule has 0 N–H and O–H groups in total. The van der Waals surface area contributed by atoms with Crippen molar-refractivity contribution in [3.05, 3.63) is 42.4 Å². The predicted molar refractivity (Wildman–Crippen MR) is 58.5 cm³/mol. The van der Waals surface area contributed by atoms with E-state index >= 15 is 0 Å². The molecule has 0 saturated carbocycles. The summed E-state index contributed by atoms with van der Waals surface area (Å²) in [5, 5.41) is 0. The summed E-state index contributed by atoms with van der Waals surface area (Å²) in [6, 6.07) is 7.46. The highest BCUT2D eigenvalue weighted by Crippen LogP contribution is 2.23. The average molecular weight is 240 g/mol. The molecule has 17 heavy (non-hydrogen) atoms. The van der Waals surface area contributed by atoms with Crippen LogP contribution in [0.4, 0.5) is 13.2 Å². The van der Waals surface area contributed by atoms with Crippen molar-refractivity contribution >= 4 is 0 Å². The molecule has 0 saturated heterocycles. The number of aryl methyl sites for hydroxylation is 1. The Morgan fingerprint density at radius 2 is 1.94 bits per heavy atom. The van der Waals surface area contributed by atoms with Crippen LogP contribution in [0.5, 0.6) is 0 Å². The van der Waals surface area contributed by atoms with E-state index in [0.717, 1.165) is 15.7 Å². The van der Waals surface area contributed by atoms with Gasteiger partial charge in [0.1, 0.15) is 6.54 Å². The van der Waals surface area contributed by atoms with Crippen molar-refractivity contribution in [2.45, 2.75) is 19.6 Å². The Morgan fingerprint density at radius 1 is 1.24 bits per heavy atom. The highest BCUT2D eigenvalue weighted by Gasteiger charge is 2.27. The lowest BCUT2D eigenvalue weighted by atomic mass is 10.1. The minimum atomic E-state index is -4.22. The molecule has 0 aliphatic heterocycles. The Labute approximate surface area is 96.7 Å². The summed E-state index contributed by atoms with van der Waals surface area (Å²) >= 11 is 0. The molecule has 0 radical (unpaired) electrons. The molecule has 0 fully saturated rings. The zero-order valence-corrected chi connectivity index (χ0v) is 9.20. The van der Waals surface area contributed by atoms with Crippen LogP contribution in [0.15, 0.2) is 36.8 Å². The molecule has 2 aromatic rings. The van der Waals surface area contributed by atoms with Crippen molar-refractivity contribution < 1.29 is 13.2 Å². The first-order valence-electron chi connectivity index (χ1n) is 5.10. The van der Waals surface area contributed by atoms with Gasteiger partial charge >= 0.3 is 6.18 Å². The highest BCUT2D eigenvalue weighted by molar-refractivity contribution is 5.62. The molecule has 90 valence electrons. The largest absolute Gasteiger partial charge is 0.406 e. The minimum absolute atomic E-state index is 0.562. The molecule has 2 rings (SSSR count). The first-order chi connectivity index (χ1) is 7.96. The van der Waals surface area contributed by atoms with Gasteiger partial charge in [0.25, 0.3) is 0 Å². The van der Waals surface area contributed by atoms with Crippen LogP contribution in [0.2, 0.25) is 0 Å². The van der Waals surface area contributed by atoms with Gasteiger partial charge in [-0.15, -0.1) is 0 Å². The smallest absolute Gasteiger partial charge is 0.328 e. The number of rotatable bonds is 2. The van der Waals surface area contributed by atoms with Crippen LogP contribution < -0.4 is 0 Å². The summed E-state index contributed by atoms with van der Waals surface area (Å²) in [5.74, 6) is 0. The SMILES string of the molecule is Cc1ccccc1-c1cn(CC(F)(F)F)cn1. The first kappa shape index (κ1) is 11.7. The van der Waals surface area contributed by atoms with Gasteiger partial charge in [0.2, 0.25) is 0 Å². The van der Waals surface area contributed by atoms with Crippen molar-refractivity contribution in [3.63, 3.8) is 0 Å². The molecule has 0 aliphatic rings. The normalized spacial score (nSPS) is 11.8. The number of hydrogen-bond acceptors (Lipinski definition) is 1. The Bertz CT molecular complexity index is 514. The second kappa shape index (κ2) is 4.24. The van der Waals surface area contributed by atoms with E-state index in [1.807, 2.05) is 31.2 Å². The summed E-state index contributed by atoms with van der Waals surface area (Å²) in [6.07, 6.45) is -1.60. The molecular formula is C12H11F3N2. The van der Waals surface area contributed by atoms with Gasteiger partial charge in [0, 0.05) is 11.8 Å². The van der Waals surface area contributed by atoms with Gasteiger partial charge in [-0.1, -0.05) is 24.3 Å². The Morgan fingerprint density at radius 3 is 2.59 bits per heavy atom. The van der Waals surface area contributed by atoms with Crippen LogP contribution >= 0.6 is 0 Å². The second-order valence-corrected chi connectivity index (χ2v) is 3.86. The Hall–Kier alpha value is -1.78. The summed E-state index contributed by atoms with van der Waals surface area (Å²) in [4.78, 5) is 3.99. The van der Waals surface area contributed by atoms with Crippen molar-refractivity contribution in [1.82, 2.24) is 9.55 Å². The number of alkyl halides is 3. The summed E-state index contributed by atoms with van der Waals surface area (Å²) < 4.78 is 37.6. The van der Waals surface area contributed by atoms with E-state index in [9.17, 15) is 13.2 Å². The van der Waals surface area contributed by atoms with Gasteiger partial charge in [-0.3, -0.25) is 0 Å². The Balaban J connectivity index is 2.28. The van der Waals surface area contributed by atoms with E-state index in [2.05, 4.69) is 4.98 Å². The number of aromatic nitrogens is 2. The molecule has 2 nitrogen and oxygen atoms in total. The molecule has 1 aromatic carbocycles. The third kappa shape index (κ3) is 2.87. The van der Waals surface area contributed by atoms with Crippen LogP contribution in [-0.2, 0) is 6.54 Å². The van der Waals surface area contributed by atoms with Gasteiger partial charge in [-0.05, 0) is 12.5 Å².